The maximum absolute atomic E-state index is 14.4. The summed E-state index contributed by atoms with van der Waals surface area (Å²) in [6, 6.07) is 10.4. The number of benzene rings is 1. The van der Waals surface area contributed by atoms with E-state index in [2.05, 4.69) is 35.9 Å². The average Bonchev–Trinajstić information content (AvgIpc) is 2.92. The van der Waals surface area contributed by atoms with E-state index < -0.39 is 23.6 Å². The van der Waals surface area contributed by atoms with Gasteiger partial charge in [0.15, 0.2) is 0 Å². The zero-order chi connectivity index (χ0) is 27.3. The van der Waals surface area contributed by atoms with E-state index in [0.717, 1.165) is 37.7 Å². The van der Waals surface area contributed by atoms with Crippen LogP contribution in [0.4, 0.5) is 5.69 Å². The fraction of sp³-hybridized carbons (Fsp3) is 0.548. The highest BCUT2D eigenvalue weighted by Gasteiger charge is 2.52. The highest BCUT2D eigenvalue weighted by molar-refractivity contribution is 6.03. The normalized spacial score (nSPS) is 23.2. The van der Waals surface area contributed by atoms with Gasteiger partial charge in [-0.1, -0.05) is 64.7 Å². The Kier molecular flexibility index (Phi) is 8.52. The maximum Gasteiger partial charge on any atom is 0.346 e. The van der Waals surface area contributed by atoms with Gasteiger partial charge in [-0.2, -0.15) is 0 Å². The molecule has 7 heteroatoms. The summed E-state index contributed by atoms with van der Waals surface area (Å²) in [7, 11) is 0. The summed E-state index contributed by atoms with van der Waals surface area (Å²) in [6.45, 7) is 14.1. The minimum atomic E-state index is -1.78. The lowest BCUT2D eigenvalue weighted by Gasteiger charge is -2.38. The van der Waals surface area contributed by atoms with Gasteiger partial charge in [-0.15, -0.1) is 0 Å². The van der Waals surface area contributed by atoms with Crippen LogP contribution in [0.2, 0.25) is 0 Å². The molecule has 1 heterocycles. The Hall–Kier alpha value is -3.24. The van der Waals surface area contributed by atoms with Gasteiger partial charge < -0.3 is 10.4 Å². The summed E-state index contributed by atoms with van der Waals surface area (Å²) < 4.78 is 0. The standard InChI is InChI=1S/C31H40N4O3/c1-30(2,3)23-15-17-25(18-16-23)35(29(37)26-14-8-9-19-31(26,38)32-4)27(22-11-10-20-33-21-22)28(36)34-24-12-6-5-7-13-24/h10-11,15-18,20-21,24,26-27,38H,5-9,12-14,19H2,1-3H3,(H,34,36). The lowest BCUT2D eigenvalue weighted by atomic mass is 9.80. The molecule has 0 bridgehead atoms. The lowest BCUT2D eigenvalue weighted by molar-refractivity contribution is -0.135. The second-order valence-electron chi connectivity index (χ2n) is 11.8. The molecule has 2 aromatic rings. The van der Waals surface area contributed by atoms with Crippen molar-refractivity contribution in [1.29, 1.82) is 0 Å². The number of pyridine rings is 1. The number of nitrogens with one attached hydrogen (secondary N) is 1. The smallest absolute Gasteiger partial charge is 0.346 e. The number of hydrogen-bond acceptors (Lipinski definition) is 4. The van der Waals surface area contributed by atoms with Crippen molar-refractivity contribution in [1.82, 2.24) is 10.3 Å². The van der Waals surface area contributed by atoms with Crippen molar-refractivity contribution in [3.05, 3.63) is 71.3 Å². The molecule has 0 aliphatic heterocycles. The first-order chi connectivity index (χ1) is 18.1. The number of hydrogen-bond donors (Lipinski definition) is 2. The SMILES string of the molecule is [C-]#[N+]C1(O)CCCCC1C(=O)N(c1ccc(C(C)(C)C)cc1)C(C(=O)NC1CCCCC1)c1cccnc1. The van der Waals surface area contributed by atoms with E-state index in [-0.39, 0.29) is 23.8 Å². The van der Waals surface area contributed by atoms with Crippen molar-refractivity contribution in [2.75, 3.05) is 4.90 Å². The van der Waals surface area contributed by atoms with E-state index in [1.165, 1.54) is 11.3 Å². The van der Waals surface area contributed by atoms with Crippen LogP contribution in [0.25, 0.3) is 4.85 Å². The molecule has 38 heavy (non-hydrogen) atoms. The molecular formula is C31H40N4O3. The number of aliphatic hydroxyl groups is 1. The molecule has 0 radical (unpaired) electrons. The third-order valence-corrected chi connectivity index (χ3v) is 8.04. The average molecular weight is 517 g/mol. The van der Waals surface area contributed by atoms with Crippen LogP contribution in [-0.4, -0.2) is 33.7 Å². The number of carbonyl (C=O) groups is 2. The van der Waals surface area contributed by atoms with Gasteiger partial charge in [0, 0.05) is 29.7 Å². The van der Waals surface area contributed by atoms with Gasteiger partial charge in [0.25, 0.3) is 0 Å². The summed E-state index contributed by atoms with van der Waals surface area (Å²) in [4.78, 5) is 37.7. The third kappa shape index (κ3) is 6.07. The van der Waals surface area contributed by atoms with Gasteiger partial charge >= 0.3 is 5.72 Å². The molecule has 202 valence electrons. The second-order valence-corrected chi connectivity index (χ2v) is 11.8. The van der Waals surface area contributed by atoms with E-state index in [4.69, 9.17) is 6.57 Å². The van der Waals surface area contributed by atoms with Crippen molar-refractivity contribution in [3.8, 4) is 0 Å². The van der Waals surface area contributed by atoms with Crippen LogP contribution < -0.4 is 10.2 Å². The van der Waals surface area contributed by atoms with Gasteiger partial charge in [-0.3, -0.25) is 24.3 Å². The predicted octanol–water partition coefficient (Wildman–Crippen LogP) is 5.70. The Labute approximate surface area is 226 Å². The number of rotatable bonds is 6. The molecular weight excluding hydrogens is 476 g/mol. The van der Waals surface area contributed by atoms with Crippen molar-refractivity contribution in [3.63, 3.8) is 0 Å². The zero-order valence-corrected chi connectivity index (χ0v) is 22.8. The predicted molar refractivity (Wildman–Crippen MR) is 148 cm³/mol. The summed E-state index contributed by atoms with van der Waals surface area (Å²) in [5, 5.41) is 14.4. The molecule has 3 unspecified atom stereocenters. The molecule has 0 saturated heterocycles. The number of aromatic nitrogens is 1. The van der Waals surface area contributed by atoms with Gasteiger partial charge in [-0.05, 0) is 54.9 Å². The van der Waals surface area contributed by atoms with Crippen LogP contribution in [0.3, 0.4) is 0 Å². The largest absolute Gasteiger partial charge is 0.351 e. The van der Waals surface area contributed by atoms with Crippen LogP contribution in [-0.2, 0) is 15.0 Å². The number of carbonyl (C=O) groups excluding carboxylic acids is 2. The van der Waals surface area contributed by atoms with E-state index in [1.807, 2.05) is 30.3 Å². The number of amides is 2. The maximum atomic E-state index is 14.4. The fourth-order valence-electron chi connectivity index (χ4n) is 5.77. The van der Waals surface area contributed by atoms with Gasteiger partial charge in [-0.25, -0.2) is 6.57 Å². The molecule has 2 amide bonds. The highest BCUT2D eigenvalue weighted by atomic mass is 16.3. The van der Waals surface area contributed by atoms with Gasteiger partial charge in [0.1, 0.15) is 12.0 Å². The molecule has 1 aromatic heterocycles. The minimum Gasteiger partial charge on any atom is -0.351 e. The minimum absolute atomic E-state index is 0.0606. The van der Waals surface area contributed by atoms with Crippen molar-refractivity contribution >= 4 is 17.5 Å². The van der Waals surface area contributed by atoms with Crippen LogP contribution >= 0.6 is 0 Å². The van der Waals surface area contributed by atoms with E-state index in [0.29, 0.717) is 24.1 Å². The highest BCUT2D eigenvalue weighted by Crippen LogP contribution is 2.40. The van der Waals surface area contributed by atoms with Gasteiger partial charge in [0.2, 0.25) is 11.8 Å². The zero-order valence-electron chi connectivity index (χ0n) is 22.8. The number of anilines is 1. The lowest BCUT2D eigenvalue weighted by Crippen LogP contribution is -2.53. The summed E-state index contributed by atoms with van der Waals surface area (Å²) in [5.74, 6) is -1.59. The molecule has 2 saturated carbocycles. The first-order valence-electron chi connectivity index (χ1n) is 13.9. The molecule has 7 nitrogen and oxygen atoms in total. The second kappa shape index (κ2) is 11.7. The Bertz CT molecular complexity index is 1150. The van der Waals surface area contributed by atoms with Crippen LogP contribution in [0.15, 0.2) is 48.8 Å². The quantitative estimate of drug-likeness (QED) is 0.482. The first-order valence-corrected chi connectivity index (χ1v) is 13.9. The van der Waals surface area contributed by atoms with E-state index in [9.17, 15) is 14.7 Å². The topological polar surface area (TPSA) is 86.9 Å². The van der Waals surface area contributed by atoms with Crippen LogP contribution in [0.5, 0.6) is 0 Å². The summed E-state index contributed by atoms with van der Waals surface area (Å²) in [5.41, 5.74) is 0.402. The van der Waals surface area contributed by atoms with Crippen molar-refractivity contribution in [2.24, 2.45) is 5.92 Å². The molecule has 4 rings (SSSR count). The molecule has 3 atom stereocenters. The molecule has 2 aliphatic rings. The van der Waals surface area contributed by atoms with E-state index >= 15 is 0 Å². The van der Waals surface area contributed by atoms with Gasteiger partial charge in [0.05, 0.1) is 6.42 Å². The Morgan fingerprint density at radius 1 is 1.08 bits per heavy atom. The molecule has 2 fully saturated rings. The fourth-order valence-corrected chi connectivity index (χ4v) is 5.77. The van der Waals surface area contributed by atoms with Crippen molar-refractivity contribution < 1.29 is 14.7 Å². The summed E-state index contributed by atoms with van der Waals surface area (Å²) >= 11 is 0. The Morgan fingerprint density at radius 3 is 2.37 bits per heavy atom. The Morgan fingerprint density at radius 2 is 1.76 bits per heavy atom. The monoisotopic (exact) mass is 516 g/mol. The molecule has 1 aromatic carbocycles. The summed E-state index contributed by atoms with van der Waals surface area (Å²) in [6.07, 6.45) is 10.5. The Balaban J connectivity index is 1.81. The van der Waals surface area contributed by atoms with E-state index in [1.54, 1.807) is 18.5 Å². The van der Waals surface area contributed by atoms with Crippen LogP contribution in [0, 0.1) is 12.5 Å². The molecule has 2 aliphatic carbocycles. The molecule has 0 spiro atoms. The third-order valence-electron chi connectivity index (χ3n) is 8.04. The van der Waals surface area contributed by atoms with Crippen molar-refractivity contribution in [2.45, 2.75) is 102 Å². The number of nitrogens with zero attached hydrogens (tertiary/aromatic N) is 3. The van der Waals surface area contributed by atoms with Crippen LogP contribution in [0.1, 0.15) is 95.7 Å². The first kappa shape index (κ1) is 27.8. The molecule has 2 N–H and O–H groups in total.